The molecule has 5 aromatic rings. The number of aromatic nitrogens is 4. The maximum Gasteiger partial charge on any atom is 0.179 e. The van der Waals surface area contributed by atoms with Gasteiger partial charge in [0.05, 0.1) is 11.3 Å². The lowest BCUT2D eigenvalue weighted by molar-refractivity contribution is 0.167. The van der Waals surface area contributed by atoms with Crippen molar-refractivity contribution in [3.05, 3.63) is 90.6 Å². The van der Waals surface area contributed by atoms with E-state index >= 15 is 0 Å². The first-order valence-corrected chi connectivity index (χ1v) is 12.3. The van der Waals surface area contributed by atoms with Crippen LogP contribution in [0.5, 0.6) is 0 Å². The van der Waals surface area contributed by atoms with Gasteiger partial charge in [-0.2, -0.15) is 5.26 Å². The van der Waals surface area contributed by atoms with Crippen molar-refractivity contribution in [2.45, 2.75) is 6.54 Å². The predicted octanol–water partition coefficient (Wildman–Crippen LogP) is 4.33. The van der Waals surface area contributed by atoms with Gasteiger partial charge >= 0.3 is 0 Å². The Morgan fingerprint density at radius 3 is 2.35 bits per heavy atom. The summed E-state index contributed by atoms with van der Waals surface area (Å²) in [6.07, 6.45) is 3.93. The number of pyridine rings is 2. The number of nitrogens with two attached hydrogens (primary N) is 1. The van der Waals surface area contributed by atoms with E-state index in [-0.39, 0.29) is 0 Å². The molecule has 6 rings (SSSR count). The first-order valence-electron chi connectivity index (χ1n) is 12.3. The molecule has 8 heteroatoms. The molecular weight excluding hydrogens is 460 g/mol. The number of piperazine rings is 1. The summed E-state index contributed by atoms with van der Waals surface area (Å²) in [5, 5.41) is 9.10. The average Bonchev–Trinajstić information content (AvgIpc) is 3.33. The molecular formula is C29H26N8. The van der Waals surface area contributed by atoms with E-state index in [1.165, 1.54) is 5.56 Å². The van der Waals surface area contributed by atoms with Gasteiger partial charge in [0.2, 0.25) is 0 Å². The molecule has 0 atom stereocenters. The molecule has 2 N–H and O–H groups in total. The molecule has 8 nitrogen and oxygen atoms in total. The van der Waals surface area contributed by atoms with Crippen molar-refractivity contribution in [3.8, 4) is 34.5 Å². The SMILES string of the molecule is N#CN1CCN(Cc2ccc(-n3c(-c4cccnc4N)nc4ccc(-c5ccccc5)nc43)cc2)CC1. The Hall–Kier alpha value is -4.74. The van der Waals surface area contributed by atoms with Gasteiger partial charge in [0.1, 0.15) is 11.3 Å². The normalized spacial score (nSPS) is 14.1. The quantitative estimate of drug-likeness (QED) is 0.369. The fourth-order valence-corrected chi connectivity index (χ4v) is 4.77. The monoisotopic (exact) mass is 486 g/mol. The van der Waals surface area contributed by atoms with Crippen LogP contribution >= 0.6 is 0 Å². The maximum atomic E-state index is 9.10. The van der Waals surface area contributed by atoms with E-state index in [4.69, 9.17) is 21.0 Å². The summed E-state index contributed by atoms with van der Waals surface area (Å²) in [4.78, 5) is 18.4. The average molecular weight is 487 g/mol. The zero-order valence-corrected chi connectivity index (χ0v) is 20.3. The summed E-state index contributed by atoms with van der Waals surface area (Å²) in [5.41, 5.74) is 12.7. The number of nitrogens with zero attached hydrogens (tertiary/aromatic N) is 7. The minimum atomic E-state index is 0.426. The van der Waals surface area contributed by atoms with Crippen LogP contribution in [0.2, 0.25) is 0 Å². The van der Waals surface area contributed by atoms with Gasteiger partial charge in [-0.15, -0.1) is 0 Å². The Labute approximate surface area is 215 Å². The van der Waals surface area contributed by atoms with Gasteiger partial charge in [0.15, 0.2) is 17.7 Å². The highest BCUT2D eigenvalue weighted by Crippen LogP contribution is 2.31. The van der Waals surface area contributed by atoms with Gasteiger partial charge in [-0.3, -0.25) is 9.47 Å². The molecule has 0 radical (unpaired) electrons. The number of nitrogen functional groups attached to an aromatic ring is 1. The second kappa shape index (κ2) is 9.72. The summed E-state index contributed by atoms with van der Waals surface area (Å²) < 4.78 is 2.06. The summed E-state index contributed by atoms with van der Waals surface area (Å²) in [6, 6.07) is 26.5. The Morgan fingerprint density at radius 1 is 0.838 bits per heavy atom. The number of benzene rings is 2. The standard InChI is InChI=1S/C29H26N8/c30-20-36-17-15-35(16-18-36)19-21-8-10-23(11-9-21)37-28(24-7-4-14-32-27(24)31)34-26-13-12-25(33-29(26)37)22-5-2-1-3-6-22/h1-14H,15-19H2,(H2,31,32). The Bertz CT molecular complexity index is 1580. The van der Waals surface area contributed by atoms with Crippen molar-refractivity contribution < 1.29 is 0 Å². The number of fused-ring (bicyclic) bond motifs is 1. The molecule has 1 fully saturated rings. The van der Waals surface area contributed by atoms with Gasteiger partial charge in [-0.1, -0.05) is 42.5 Å². The number of anilines is 1. The molecule has 4 heterocycles. The van der Waals surface area contributed by atoms with Gasteiger partial charge in [0.25, 0.3) is 0 Å². The van der Waals surface area contributed by atoms with Gasteiger partial charge in [-0.05, 0) is 42.0 Å². The first kappa shape index (κ1) is 22.7. The molecule has 1 aliphatic heterocycles. The second-order valence-corrected chi connectivity index (χ2v) is 9.14. The van der Waals surface area contributed by atoms with Crippen LogP contribution in [0.4, 0.5) is 5.82 Å². The highest BCUT2D eigenvalue weighted by Gasteiger charge is 2.19. The molecule has 0 saturated carbocycles. The minimum Gasteiger partial charge on any atom is -0.383 e. The summed E-state index contributed by atoms with van der Waals surface area (Å²) in [6.45, 7) is 4.18. The summed E-state index contributed by atoms with van der Waals surface area (Å²) >= 11 is 0. The third kappa shape index (κ3) is 4.48. The van der Waals surface area contributed by atoms with E-state index in [9.17, 15) is 0 Å². The van der Waals surface area contributed by atoms with Crippen molar-refractivity contribution in [2.24, 2.45) is 0 Å². The predicted molar refractivity (Wildman–Crippen MR) is 144 cm³/mol. The summed E-state index contributed by atoms with van der Waals surface area (Å²) in [5.74, 6) is 1.13. The third-order valence-corrected chi connectivity index (χ3v) is 6.77. The topological polar surface area (TPSA) is 99.9 Å². The lowest BCUT2D eigenvalue weighted by Gasteiger charge is -2.31. The van der Waals surface area contributed by atoms with Crippen molar-refractivity contribution >= 4 is 17.0 Å². The van der Waals surface area contributed by atoms with E-state index in [2.05, 4.69) is 57.0 Å². The van der Waals surface area contributed by atoms with Crippen molar-refractivity contribution in [1.82, 2.24) is 29.3 Å². The highest BCUT2D eigenvalue weighted by molar-refractivity contribution is 5.84. The van der Waals surface area contributed by atoms with E-state index < -0.39 is 0 Å². The number of nitriles is 1. The molecule has 0 amide bonds. The number of imidazole rings is 1. The van der Waals surface area contributed by atoms with Crippen LogP contribution in [0.3, 0.4) is 0 Å². The van der Waals surface area contributed by atoms with Gasteiger partial charge < -0.3 is 10.6 Å². The smallest absolute Gasteiger partial charge is 0.179 e. The molecule has 1 aliphatic rings. The fourth-order valence-electron chi connectivity index (χ4n) is 4.77. The van der Waals surface area contributed by atoms with Crippen LogP contribution in [0, 0.1) is 11.5 Å². The number of hydrogen-bond donors (Lipinski definition) is 1. The van der Waals surface area contributed by atoms with E-state index in [0.29, 0.717) is 11.6 Å². The van der Waals surface area contributed by atoms with Crippen molar-refractivity contribution in [1.29, 1.82) is 5.26 Å². The maximum absolute atomic E-state index is 9.10. The van der Waals surface area contributed by atoms with Gasteiger partial charge in [0, 0.05) is 50.2 Å². The van der Waals surface area contributed by atoms with Gasteiger partial charge in [-0.25, -0.2) is 15.0 Å². The van der Waals surface area contributed by atoms with Crippen LogP contribution in [0.1, 0.15) is 5.56 Å². The van der Waals surface area contributed by atoms with Crippen LogP contribution in [-0.2, 0) is 6.54 Å². The minimum absolute atomic E-state index is 0.426. The van der Waals surface area contributed by atoms with E-state index in [1.807, 2.05) is 47.4 Å². The zero-order valence-electron chi connectivity index (χ0n) is 20.3. The molecule has 37 heavy (non-hydrogen) atoms. The van der Waals surface area contributed by atoms with Crippen LogP contribution in [0.25, 0.3) is 39.5 Å². The van der Waals surface area contributed by atoms with Crippen molar-refractivity contribution in [3.63, 3.8) is 0 Å². The molecule has 0 spiro atoms. The molecule has 0 bridgehead atoms. The lowest BCUT2D eigenvalue weighted by atomic mass is 10.1. The Balaban J connectivity index is 1.41. The highest BCUT2D eigenvalue weighted by atomic mass is 15.3. The summed E-state index contributed by atoms with van der Waals surface area (Å²) in [7, 11) is 0. The largest absolute Gasteiger partial charge is 0.383 e. The van der Waals surface area contributed by atoms with Crippen molar-refractivity contribution in [2.75, 3.05) is 31.9 Å². The molecule has 182 valence electrons. The Morgan fingerprint density at radius 2 is 1.62 bits per heavy atom. The van der Waals surface area contributed by atoms with Crippen LogP contribution < -0.4 is 5.73 Å². The molecule has 0 unspecified atom stereocenters. The number of hydrogen-bond acceptors (Lipinski definition) is 7. The molecule has 3 aromatic heterocycles. The molecule has 0 aliphatic carbocycles. The Kier molecular flexibility index (Phi) is 5.97. The van der Waals surface area contributed by atoms with E-state index in [0.717, 1.165) is 66.4 Å². The lowest BCUT2D eigenvalue weighted by Crippen LogP contribution is -2.43. The molecule has 1 saturated heterocycles. The second-order valence-electron chi connectivity index (χ2n) is 9.14. The zero-order chi connectivity index (χ0) is 25.2. The van der Waals surface area contributed by atoms with Crippen LogP contribution in [-0.4, -0.2) is 55.5 Å². The third-order valence-electron chi connectivity index (χ3n) is 6.77. The first-order chi connectivity index (χ1) is 18.2. The van der Waals surface area contributed by atoms with Crippen LogP contribution in [0.15, 0.2) is 85.1 Å². The number of rotatable bonds is 5. The van der Waals surface area contributed by atoms with E-state index in [1.54, 1.807) is 6.20 Å². The fraction of sp³-hybridized carbons (Fsp3) is 0.172. The molecule has 2 aromatic carbocycles.